The van der Waals surface area contributed by atoms with Gasteiger partial charge in [-0.15, -0.1) is 0 Å². The number of carbonyl (C=O) groups is 2. The zero-order chi connectivity index (χ0) is 18.3. The SMILES string of the molecule is Cc1nn(-c2ncccn2)c2c1[C@H](C(=O)c1ccc(Br)cc1)CC(=O)N2. The molecule has 130 valence electrons. The Hall–Kier alpha value is -2.87. The molecule has 0 spiro atoms. The average molecular weight is 412 g/mol. The van der Waals surface area contributed by atoms with Crippen LogP contribution in [0.2, 0.25) is 0 Å². The molecule has 7 nitrogen and oxygen atoms in total. The summed E-state index contributed by atoms with van der Waals surface area (Å²) < 4.78 is 2.37. The summed E-state index contributed by atoms with van der Waals surface area (Å²) in [6.07, 6.45) is 3.28. The number of benzene rings is 1. The van der Waals surface area contributed by atoms with Crippen LogP contribution in [0, 0.1) is 6.92 Å². The van der Waals surface area contributed by atoms with Crippen LogP contribution in [0.25, 0.3) is 5.95 Å². The van der Waals surface area contributed by atoms with Gasteiger partial charge < -0.3 is 5.32 Å². The summed E-state index contributed by atoms with van der Waals surface area (Å²) in [5.41, 5.74) is 1.94. The Bertz CT molecular complexity index is 998. The number of amides is 1. The van der Waals surface area contributed by atoms with E-state index < -0.39 is 5.92 Å². The fourth-order valence-corrected chi connectivity index (χ4v) is 3.40. The highest BCUT2D eigenvalue weighted by molar-refractivity contribution is 9.10. The first-order valence-corrected chi connectivity index (χ1v) is 8.80. The Morgan fingerprint density at radius 3 is 2.62 bits per heavy atom. The molecule has 0 fully saturated rings. The Morgan fingerprint density at radius 1 is 1.23 bits per heavy atom. The first-order chi connectivity index (χ1) is 12.5. The van der Waals surface area contributed by atoms with Crippen molar-refractivity contribution in [2.75, 3.05) is 5.32 Å². The minimum atomic E-state index is -0.586. The number of halogens is 1. The number of aromatic nitrogens is 4. The number of hydrogen-bond acceptors (Lipinski definition) is 5. The van der Waals surface area contributed by atoms with Crippen LogP contribution in [-0.2, 0) is 4.79 Å². The van der Waals surface area contributed by atoms with Crippen molar-refractivity contribution in [3.05, 3.63) is 64.0 Å². The standard InChI is InChI=1S/C18H14BrN5O2/c1-10-15-13(16(26)11-3-5-12(19)6-4-11)9-14(25)22-17(15)24(23-10)18-20-7-2-8-21-18/h2-8,13H,9H2,1H3,(H,22,25)/t13-/m1/s1. The minimum Gasteiger partial charge on any atom is -0.310 e. The molecule has 3 aromatic rings. The lowest BCUT2D eigenvalue weighted by atomic mass is 9.85. The first-order valence-electron chi connectivity index (χ1n) is 8.01. The number of Topliss-reactive ketones (excluding diaryl/α,β-unsaturated/α-hetero) is 1. The van der Waals surface area contributed by atoms with Gasteiger partial charge in [-0.1, -0.05) is 28.1 Å². The summed E-state index contributed by atoms with van der Waals surface area (Å²) >= 11 is 3.36. The highest BCUT2D eigenvalue weighted by Gasteiger charge is 2.36. The van der Waals surface area contributed by atoms with Crippen molar-refractivity contribution < 1.29 is 9.59 Å². The molecule has 26 heavy (non-hydrogen) atoms. The quantitative estimate of drug-likeness (QED) is 0.668. The Labute approximate surface area is 157 Å². The molecule has 2 aromatic heterocycles. The summed E-state index contributed by atoms with van der Waals surface area (Å²) in [6.45, 7) is 1.82. The summed E-state index contributed by atoms with van der Waals surface area (Å²) in [5, 5.41) is 7.27. The fourth-order valence-electron chi connectivity index (χ4n) is 3.13. The van der Waals surface area contributed by atoms with Crippen LogP contribution in [0.4, 0.5) is 5.82 Å². The maximum Gasteiger partial charge on any atom is 0.252 e. The van der Waals surface area contributed by atoms with Gasteiger partial charge in [-0.25, -0.2) is 9.97 Å². The molecule has 1 amide bonds. The van der Waals surface area contributed by atoms with Crippen molar-refractivity contribution >= 4 is 33.4 Å². The highest BCUT2D eigenvalue weighted by Crippen LogP contribution is 2.37. The van der Waals surface area contributed by atoms with E-state index in [0.717, 1.165) is 4.47 Å². The molecule has 0 saturated carbocycles. The number of aryl methyl sites for hydroxylation is 1. The second kappa shape index (κ2) is 6.45. The molecular formula is C18H14BrN5O2. The van der Waals surface area contributed by atoms with E-state index in [9.17, 15) is 9.59 Å². The van der Waals surface area contributed by atoms with Crippen LogP contribution in [-0.4, -0.2) is 31.4 Å². The Morgan fingerprint density at radius 2 is 1.92 bits per heavy atom. The third kappa shape index (κ3) is 2.82. The molecule has 8 heteroatoms. The van der Waals surface area contributed by atoms with E-state index >= 15 is 0 Å². The van der Waals surface area contributed by atoms with Gasteiger partial charge in [0.2, 0.25) is 5.91 Å². The lowest BCUT2D eigenvalue weighted by Gasteiger charge is -2.22. The number of ketones is 1. The van der Waals surface area contributed by atoms with Gasteiger partial charge in [-0.2, -0.15) is 9.78 Å². The van der Waals surface area contributed by atoms with Gasteiger partial charge in [0.15, 0.2) is 5.78 Å². The third-order valence-electron chi connectivity index (χ3n) is 4.29. The van der Waals surface area contributed by atoms with E-state index in [1.807, 2.05) is 19.1 Å². The van der Waals surface area contributed by atoms with E-state index in [1.54, 1.807) is 30.6 Å². The number of rotatable bonds is 3. The van der Waals surface area contributed by atoms with Crippen LogP contribution in [0.1, 0.15) is 34.0 Å². The predicted molar refractivity (Wildman–Crippen MR) is 98.4 cm³/mol. The summed E-state index contributed by atoms with van der Waals surface area (Å²) in [6, 6.07) is 8.82. The van der Waals surface area contributed by atoms with Crippen molar-refractivity contribution in [2.45, 2.75) is 19.3 Å². The lowest BCUT2D eigenvalue weighted by Crippen LogP contribution is -2.28. The van der Waals surface area contributed by atoms with Gasteiger partial charge in [0, 0.05) is 34.4 Å². The number of nitrogens with one attached hydrogen (secondary N) is 1. The average Bonchev–Trinajstić information content (AvgIpc) is 2.98. The molecule has 0 bridgehead atoms. The molecule has 4 rings (SSSR count). The smallest absolute Gasteiger partial charge is 0.252 e. The van der Waals surface area contributed by atoms with E-state index in [4.69, 9.17) is 0 Å². The van der Waals surface area contributed by atoms with Crippen LogP contribution >= 0.6 is 15.9 Å². The van der Waals surface area contributed by atoms with Crippen molar-refractivity contribution in [2.24, 2.45) is 0 Å². The van der Waals surface area contributed by atoms with Gasteiger partial charge in [0.1, 0.15) is 5.82 Å². The molecule has 1 N–H and O–H groups in total. The number of fused-ring (bicyclic) bond motifs is 1. The van der Waals surface area contributed by atoms with Crippen LogP contribution in [0.5, 0.6) is 0 Å². The third-order valence-corrected chi connectivity index (χ3v) is 4.82. The molecule has 0 aliphatic carbocycles. The first kappa shape index (κ1) is 16.6. The topological polar surface area (TPSA) is 89.8 Å². The maximum absolute atomic E-state index is 13.1. The lowest BCUT2D eigenvalue weighted by molar-refractivity contribution is -0.116. The van der Waals surface area contributed by atoms with Gasteiger partial charge >= 0.3 is 0 Å². The van der Waals surface area contributed by atoms with Crippen LogP contribution in [0.3, 0.4) is 0 Å². The van der Waals surface area contributed by atoms with Crippen molar-refractivity contribution in [3.63, 3.8) is 0 Å². The van der Waals surface area contributed by atoms with E-state index in [-0.39, 0.29) is 18.1 Å². The molecule has 0 saturated heterocycles. The van der Waals surface area contributed by atoms with Gasteiger partial charge in [-0.05, 0) is 25.1 Å². The zero-order valence-electron chi connectivity index (χ0n) is 13.8. The number of carbonyl (C=O) groups excluding carboxylic acids is 2. The van der Waals surface area contributed by atoms with Crippen LogP contribution in [0.15, 0.2) is 47.2 Å². The largest absolute Gasteiger partial charge is 0.310 e. The maximum atomic E-state index is 13.1. The number of hydrogen-bond donors (Lipinski definition) is 1. The normalized spacial score (nSPS) is 16.1. The molecule has 1 aliphatic heterocycles. The molecular weight excluding hydrogens is 398 g/mol. The second-order valence-electron chi connectivity index (χ2n) is 5.98. The van der Waals surface area contributed by atoms with Gasteiger partial charge in [0.05, 0.1) is 11.6 Å². The van der Waals surface area contributed by atoms with Crippen molar-refractivity contribution in [1.82, 2.24) is 19.7 Å². The van der Waals surface area contributed by atoms with Crippen LogP contribution < -0.4 is 5.32 Å². The second-order valence-corrected chi connectivity index (χ2v) is 6.90. The number of nitrogens with zero attached hydrogens (tertiary/aromatic N) is 4. The molecule has 1 aliphatic rings. The highest BCUT2D eigenvalue weighted by atomic mass is 79.9. The minimum absolute atomic E-state index is 0.0874. The predicted octanol–water partition coefficient (Wildman–Crippen LogP) is 3.04. The molecule has 3 heterocycles. The molecule has 1 atom stereocenters. The zero-order valence-corrected chi connectivity index (χ0v) is 15.4. The fraction of sp³-hybridized carbons (Fsp3) is 0.167. The Kier molecular flexibility index (Phi) is 4.12. The summed E-state index contributed by atoms with van der Waals surface area (Å²) in [4.78, 5) is 33.7. The summed E-state index contributed by atoms with van der Waals surface area (Å²) in [5.74, 6) is -0.123. The van der Waals surface area contributed by atoms with E-state index in [1.165, 1.54) is 4.68 Å². The van der Waals surface area contributed by atoms with Gasteiger partial charge in [0.25, 0.3) is 5.95 Å². The Balaban J connectivity index is 1.81. The number of anilines is 1. The van der Waals surface area contributed by atoms with Gasteiger partial charge in [-0.3, -0.25) is 9.59 Å². The van der Waals surface area contributed by atoms with Crippen molar-refractivity contribution in [3.8, 4) is 5.95 Å². The van der Waals surface area contributed by atoms with Crippen molar-refractivity contribution in [1.29, 1.82) is 0 Å². The molecule has 1 aromatic carbocycles. The molecule has 0 radical (unpaired) electrons. The summed E-state index contributed by atoms with van der Waals surface area (Å²) in [7, 11) is 0. The van der Waals surface area contributed by atoms with E-state index in [0.29, 0.717) is 28.6 Å². The monoisotopic (exact) mass is 411 g/mol. The molecule has 0 unspecified atom stereocenters. The van der Waals surface area contributed by atoms with E-state index in [2.05, 4.69) is 36.3 Å².